The minimum absolute atomic E-state index is 0.266. The Morgan fingerprint density at radius 3 is 2.26 bits per heavy atom. The third kappa shape index (κ3) is 5.41. The molecule has 4 rings (SSSR count). The van der Waals surface area contributed by atoms with Gasteiger partial charge in [-0.2, -0.15) is 0 Å². The summed E-state index contributed by atoms with van der Waals surface area (Å²) >= 11 is 0. The highest BCUT2D eigenvalue weighted by Crippen LogP contribution is 2.39. The van der Waals surface area contributed by atoms with E-state index in [2.05, 4.69) is 12.2 Å². The summed E-state index contributed by atoms with van der Waals surface area (Å²) in [5.41, 5.74) is 4.78. The van der Waals surface area contributed by atoms with Crippen LogP contribution in [0, 0.1) is 13.8 Å². The number of methoxy groups -OCH3 is 2. The number of aliphatic carboxylic acids is 1. The number of carboxylic acids is 1. The maximum absolute atomic E-state index is 12.2. The van der Waals surface area contributed by atoms with Crippen LogP contribution in [0.25, 0.3) is 11.1 Å². The Bertz CT molecular complexity index is 1030. The first-order valence-electron chi connectivity index (χ1n) is 12.4. The average Bonchev–Trinajstić information content (AvgIpc) is 3.37. The molecule has 1 aliphatic heterocycles. The molecule has 7 heteroatoms. The predicted octanol–water partition coefficient (Wildman–Crippen LogP) is 5.49. The van der Waals surface area contributed by atoms with Crippen molar-refractivity contribution >= 4 is 11.7 Å². The van der Waals surface area contributed by atoms with Gasteiger partial charge in [-0.05, 0) is 73.2 Å². The number of anilines is 1. The summed E-state index contributed by atoms with van der Waals surface area (Å²) in [6.45, 7) is 5.34. The average molecular weight is 484 g/mol. The lowest BCUT2D eigenvalue weighted by molar-refractivity contribution is -0.145. The number of carbonyl (C=O) groups is 1. The predicted molar refractivity (Wildman–Crippen MR) is 136 cm³/mol. The molecule has 190 valence electrons. The minimum Gasteiger partial charge on any atom is -0.496 e. The van der Waals surface area contributed by atoms with E-state index in [1.165, 1.54) is 12.8 Å². The van der Waals surface area contributed by atoms with Crippen molar-refractivity contribution < 1.29 is 28.8 Å². The molecule has 1 saturated carbocycles. The van der Waals surface area contributed by atoms with Crippen molar-refractivity contribution in [1.29, 1.82) is 0 Å². The third-order valence-electron chi connectivity index (χ3n) is 7.37. The highest BCUT2D eigenvalue weighted by molar-refractivity contribution is 5.84. The topological polar surface area (TPSA) is 86.3 Å². The second kappa shape index (κ2) is 10.9. The number of aryl methyl sites for hydroxylation is 1. The molecule has 7 nitrogen and oxygen atoms in total. The van der Waals surface area contributed by atoms with E-state index < -0.39 is 11.5 Å². The number of nitrogens with one attached hydrogen (secondary N) is 1. The molecule has 1 saturated heterocycles. The van der Waals surface area contributed by atoms with Crippen molar-refractivity contribution in [3.05, 3.63) is 41.0 Å². The van der Waals surface area contributed by atoms with Gasteiger partial charge in [-0.15, -0.1) is 0 Å². The van der Waals surface area contributed by atoms with Crippen molar-refractivity contribution in [3.63, 3.8) is 0 Å². The van der Waals surface area contributed by atoms with E-state index in [0.717, 1.165) is 57.8 Å². The van der Waals surface area contributed by atoms with E-state index in [4.69, 9.17) is 18.9 Å². The van der Waals surface area contributed by atoms with Gasteiger partial charge in [0.05, 0.1) is 26.9 Å². The second-order valence-electron chi connectivity index (χ2n) is 9.68. The Balaban J connectivity index is 1.76. The molecule has 2 aromatic carbocycles. The molecule has 1 aliphatic carbocycles. The standard InChI is InChI=1S/C28H37NO6/c1-18-13-22(29-28(27(30)31)9-11-34-12-10-28)14-21(17-35-23-7-5-6-8-23)26(18)20-15-24(32-3)19(2)25(16-20)33-4/h13-16,23,29H,5-12,17H2,1-4H3,(H,30,31). The van der Waals surface area contributed by atoms with Crippen molar-refractivity contribution in [2.75, 3.05) is 32.8 Å². The summed E-state index contributed by atoms with van der Waals surface area (Å²) in [7, 11) is 3.32. The number of rotatable bonds is 9. The van der Waals surface area contributed by atoms with Gasteiger partial charge in [-0.25, -0.2) is 4.79 Å². The molecule has 0 atom stereocenters. The van der Waals surface area contributed by atoms with Crippen LogP contribution in [0.3, 0.4) is 0 Å². The fourth-order valence-electron chi connectivity index (χ4n) is 5.34. The van der Waals surface area contributed by atoms with Crippen molar-refractivity contribution in [2.45, 2.75) is 70.6 Å². The Morgan fingerprint density at radius 2 is 1.69 bits per heavy atom. The maximum atomic E-state index is 12.2. The summed E-state index contributed by atoms with van der Waals surface area (Å²) in [6, 6.07) is 8.12. The van der Waals surface area contributed by atoms with Crippen molar-refractivity contribution in [2.24, 2.45) is 0 Å². The quantitative estimate of drug-likeness (QED) is 0.488. The first-order chi connectivity index (χ1) is 16.9. The van der Waals surface area contributed by atoms with E-state index in [1.807, 2.05) is 31.2 Å². The molecule has 0 spiro atoms. The van der Waals surface area contributed by atoms with Crippen LogP contribution in [-0.4, -0.2) is 50.2 Å². The van der Waals surface area contributed by atoms with Crippen LogP contribution in [0.5, 0.6) is 11.5 Å². The molecule has 2 N–H and O–H groups in total. The van der Waals surface area contributed by atoms with E-state index in [0.29, 0.717) is 32.7 Å². The molecule has 0 unspecified atom stereocenters. The summed E-state index contributed by atoms with van der Waals surface area (Å²) in [6.07, 6.45) is 5.68. The van der Waals surface area contributed by atoms with Gasteiger partial charge in [-0.3, -0.25) is 0 Å². The number of hydrogen-bond donors (Lipinski definition) is 2. The molecular weight excluding hydrogens is 446 g/mol. The molecule has 2 fully saturated rings. The monoisotopic (exact) mass is 483 g/mol. The zero-order chi connectivity index (χ0) is 25.0. The fourth-order valence-corrected chi connectivity index (χ4v) is 5.34. The molecule has 0 bridgehead atoms. The largest absolute Gasteiger partial charge is 0.496 e. The summed E-state index contributed by atoms with van der Waals surface area (Å²) < 4.78 is 23.0. The van der Waals surface area contributed by atoms with Crippen LogP contribution in [0.4, 0.5) is 5.69 Å². The van der Waals surface area contributed by atoms with Crippen LogP contribution in [0.1, 0.15) is 55.2 Å². The number of hydrogen-bond acceptors (Lipinski definition) is 6. The van der Waals surface area contributed by atoms with Gasteiger partial charge >= 0.3 is 5.97 Å². The molecule has 1 heterocycles. The van der Waals surface area contributed by atoms with Gasteiger partial charge in [-0.1, -0.05) is 12.8 Å². The molecule has 2 aromatic rings. The van der Waals surface area contributed by atoms with E-state index in [1.54, 1.807) is 14.2 Å². The Hall–Kier alpha value is -2.77. The molecule has 0 amide bonds. The van der Waals surface area contributed by atoms with Gasteiger partial charge in [0.25, 0.3) is 0 Å². The van der Waals surface area contributed by atoms with Crippen LogP contribution in [0.15, 0.2) is 24.3 Å². The normalized spacial score (nSPS) is 17.8. The Labute approximate surface area is 207 Å². The maximum Gasteiger partial charge on any atom is 0.329 e. The van der Waals surface area contributed by atoms with Crippen LogP contribution >= 0.6 is 0 Å². The lowest BCUT2D eigenvalue weighted by atomic mass is 9.88. The zero-order valence-electron chi connectivity index (χ0n) is 21.2. The van der Waals surface area contributed by atoms with Gasteiger partial charge in [0, 0.05) is 37.3 Å². The highest BCUT2D eigenvalue weighted by Gasteiger charge is 2.40. The molecule has 2 aliphatic rings. The SMILES string of the molecule is COc1cc(-c2c(C)cc(NC3(C(=O)O)CCOCC3)cc2COC2CCCC2)cc(OC)c1C. The Morgan fingerprint density at radius 1 is 1.06 bits per heavy atom. The van der Waals surface area contributed by atoms with Gasteiger partial charge < -0.3 is 29.4 Å². The fraction of sp³-hybridized carbons (Fsp3) is 0.536. The first kappa shape index (κ1) is 25.3. The second-order valence-corrected chi connectivity index (χ2v) is 9.68. The summed E-state index contributed by atoms with van der Waals surface area (Å²) in [4.78, 5) is 12.2. The van der Waals surface area contributed by atoms with E-state index >= 15 is 0 Å². The van der Waals surface area contributed by atoms with Crippen molar-refractivity contribution in [1.82, 2.24) is 0 Å². The van der Waals surface area contributed by atoms with Gasteiger partial charge in [0.1, 0.15) is 17.0 Å². The lowest BCUT2D eigenvalue weighted by Gasteiger charge is -2.35. The van der Waals surface area contributed by atoms with Gasteiger partial charge in [0.15, 0.2) is 0 Å². The molecule has 0 radical (unpaired) electrons. The lowest BCUT2D eigenvalue weighted by Crippen LogP contribution is -2.50. The van der Waals surface area contributed by atoms with Crippen LogP contribution in [0.2, 0.25) is 0 Å². The van der Waals surface area contributed by atoms with E-state index in [9.17, 15) is 9.90 Å². The molecule has 0 aromatic heterocycles. The van der Waals surface area contributed by atoms with Crippen molar-refractivity contribution in [3.8, 4) is 22.6 Å². The summed E-state index contributed by atoms with van der Waals surface area (Å²) in [5.74, 6) is 0.672. The number of ether oxygens (including phenoxy) is 4. The van der Waals surface area contributed by atoms with Crippen LogP contribution in [-0.2, 0) is 20.9 Å². The third-order valence-corrected chi connectivity index (χ3v) is 7.37. The first-order valence-corrected chi connectivity index (χ1v) is 12.4. The number of benzene rings is 2. The minimum atomic E-state index is -1.04. The highest BCUT2D eigenvalue weighted by atomic mass is 16.5. The summed E-state index contributed by atoms with van der Waals surface area (Å²) in [5, 5.41) is 13.4. The molecular formula is C28H37NO6. The zero-order valence-corrected chi connectivity index (χ0v) is 21.2. The number of carboxylic acid groups (broad SMARTS) is 1. The van der Waals surface area contributed by atoms with E-state index in [-0.39, 0.29) is 6.10 Å². The smallest absolute Gasteiger partial charge is 0.329 e. The van der Waals surface area contributed by atoms with Crippen LogP contribution < -0.4 is 14.8 Å². The van der Waals surface area contributed by atoms with Gasteiger partial charge in [0.2, 0.25) is 0 Å². The Kier molecular flexibility index (Phi) is 7.87. The molecule has 35 heavy (non-hydrogen) atoms.